The Hall–Kier alpha value is -2.94. The number of hydrogen-bond acceptors (Lipinski definition) is 6. The normalized spacial score (nSPS) is 20.8. The van der Waals surface area contributed by atoms with Gasteiger partial charge in [-0.05, 0) is 49.4 Å². The maximum atomic E-state index is 12.6. The second-order valence-corrected chi connectivity index (χ2v) is 8.46. The number of anilines is 1. The summed E-state index contributed by atoms with van der Waals surface area (Å²) in [6.45, 7) is 4.27. The lowest BCUT2D eigenvalue weighted by Crippen LogP contribution is -2.54. The molecule has 0 spiro atoms. The van der Waals surface area contributed by atoms with Crippen LogP contribution in [0.25, 0.3) is 0 Å². The summed E-state index contributed by atoms with van der Waals surface area (Å²) in [6.07, 6.45) is 0.124. The molecule has 2 aliphatic heterocycles. The van der Waals surface area contributed by atoms with Crippen molar-refractivity contribution < 1.29 is 19.8 Å². The van der Waals surface area contributed by atoms with Gasteiger partial charge in [-0.15, -0.1) is 0 Å². The van der Waals surface area contributed by atoms with Crippen molar-refractivity contribution in [2.45, 2.75) is 12.6 Å². The zero-order valence-corrected chi connectivity index (χ0v) is 18.1. The maximum absolute atomic E-state index is 12.6. The quantitative estimate of drug-likeness (QED) is 0.591. The Morgan fingerprint density at radius 2 is 1.66 bits per heavy atom. The van der Waals surface area contributed by atoms with Gasteiger partial charge >= 0.3 is 0 Å². The molecular formula is C24H30N4O4. The number of carbonyl (C=O) groups is 2. The van der Waals surface area contributed by atoms with Crippen LogP contribution in [0.3, 0.4) is 0 Å². The SMILES string of the molecule is O=C(Nc1ccc(O)cc1)[C@@H]1CCN(CC(O)N2CCN(C(=O)c3ccccc3)CC2)C1. The van der Waals surface area contributed by atoms with Crippen LogP contribution < -0.4 is 5.32 Å². The van der Waals surface area contributed by atoms with Gasteiger partial charge < -0.3 is 20.4 Å². The van der Waals surface area contributed by atoms with E-state index in [1.165, 1.54) is 0 Å². The maximum Gasteiger partial charge on any atom is 0.253 e. The highest BCUT2D eigenvalue weighted by molar-refractivity contribution is 5.94. The molecule has 2 fully saturated rings. The third kappa shape index (κ3) is 5.45. The van der Waals surface area contributed by atoms with Crippen LogP contribution in [0.4, 0.5) is 5.69 Å². The third-order valence-electron chi connectivity index (χ3n) is 6.24. The van der Waals surface area contributed by atoms with E-state index in [9.17, 15) is 19.8 Å². The summed E-state index contributed by atoms with van der Waals surface area (Å²) < 4.78 is 0. The number of amides is 2. The molecule has 2 aromatic rings. The Morgan fingerprint density at radius 1 is 0.969 bits per heavy atom. The molecule has 0 bridgehead atoms. The number of aromatic hydroxyl groups is 1. The highest BCUT2D eigenvalue weighted by atomic mass is 16.3. The number of piperazine rings is 1. The van der Waals surface area contributed by atoms with Gasteiger partial charge in [0.2, 0.25) is 5.91 Å². The molecule has 2 saturated heterocycles. The minimum absolute atomic E-state index is 0.0294. The molecule has 0 radical (unpaired) electrons. The van der Waals surface area contributed by atoms with Crippen molar-refractivity contribution in [3.05, 3.63) is 60.2 Å². The monoisotopic (exact) mass is 438 g/mol. The fraction of sp³-hybridized carbons (Fsp3) is 0.417. The van der Waals surface area contributed by atoms with E-state index in [2.05, 4.69) is 10.2 Å². The van der Waals surface area contributed by atoms with Crippen LogP contribution >= 0.6 is 0 Å². The number of nitrogens with zero attached hydrogens (tertiary/aromatic N) is 3. The van der Waals surface area contributed by atoms with Gasteiger partial charge in [0.1, 0.15) is 12.0 Å². The van der Waals surface area contributed by atoms with Crippen LogP contribution in [0.15, 0.2) is 54.6 Å². The summed E-state index contributed by atoms with van der Waals surface area (Å²) in [5, 5.41) is 23.0. The van der Waals surface area contributed by atoms with Gasteiger partial charge in [0.25, 0.3) is 5.91 Å². The average Bonchev–Trinajstić information content (AvgIpc) is 3.29. The van der Waals surface area contributed by atoms with E-state index in [4.69, 9.17) is 0 Å². The van der Waals surface area contributed by atoms with Gasteiger partial charge in [-0.3, -0.25) is 19.4 Å². The molecule has 1 unspecified atom stereocenters. The molecule has 2 atom stereocenters. The molecule has 0 saturated carbocycles. The molecule has 2 aliphatic rings. The van der Waals surface area contributed by atoms with Crippen molar-refractivity contribution in [1.82, 2.24) is 14.7 Å². The molecule has 2 amide bonds. The Bertz CT molecular complexity index is 913. The number of hydrogen-bond donors (Lipinski definition) is 3. The third-order valence-corrected chi connectivity index (χ3v) is 6.24. The molecule has 0 aliphatic carbocycles. The summed E-state index contributed by atoms with van der Waals surface area (Å²) in [5.41, 5.74) is 1.35. The second kappa shape index (κ2) is 10.1. The summed E-state index contributed by atoms with van der Waals surface area (Å²) in [5.74, 6) is 0.0214. The first-order chi connectivity index (χ1) is 15.5. The van der Waals surface area contributed by atoms with E-state index in [1.54, 1.807) is 24.3 Å². The van der Waals surface area contributed by atoms with Crippen molar-refractivity contribution >= 4 is 17.5 Å². The lowest BCUT2D eigenvalue weighted by atomic mass is 10.1. The number of phenols is 1. The fourth-order valence-electron chi connectivity index (χ4n) is 4.33. The Balaban J connectivity index is 1.21. The number of benzene rings is 2. The average molecular weight is 439 g/mol. The zero-order valence-electron chi connectivity index (χ0n) is 18.1. The van der Waals surface area contributed by atoms with Crippen LogP contribution in [0.1, 0.15) is 16.8 Å². The predicted octanol–water partition coefficient (Wildman–Crippen LogP) is 1.43. The van der Waals surface area contributed by atoms with Crippen molar-refractivity contribution in [2.75, 3.05) is 51.1 Å². The van der Waals surface area contributed by atoms with Crippen molar-refractivity contribution in [3.63, 3.8) is 0 Å². The minimum atomic E-state index is -0.622. The van der Waals surface area contributed by atoms with E-state index in [-0.39, 0.29) is 23.5 Å². The van der Waals surface area contributed by atoms with E-state index in [0.717, 1.165) is 13.0 Å². The fourth-order valence-corrected chi connectivity index (χ4v) is 4.33. The Kier molecular flexibility index (Phi) is 7.04. The molecule has 4 rings (SSSR count). The molecule has 3 N–H and O–H groups in total. The number of aliphatic hydroxyl groups excluding tert-OH is 1. The lowest BCUT2D eigenvalue weighted by Gasteiger charge is -2.38. The predicted molar refractivity (Wildman–Crippen MR) is 121 cm³/mol. The summed E-state index contributed by atoms with van der Waals surface area (Å²) in [4.78, 5) is 31.1. The van der Waals surface area contributed by atoms with E-state index in [0.29, 0.717) is 50.5 Å². The second-order valence-electron chi connectivity index (χ2n) is 8.46. The van der Waals surface area contributed by atoms with Crippen molar-refractivity contribution in [3.8, 4) is 5.75 Å². The summed E-state index contributed by atoms with van der Waals surface area (Å²) in [6, 6.07) is 15.7. The highest BCUT2D eigenvalue weighted by Gasteiger charge is 2.32. The number of aliphatic hydroxyl groups is 1. The van der Waals surface area contributed by atoms with E-state index in [1.807, 2.05) is 40.1 Å². The van der Waals surface area contributed by atoms with Crippen LogP contribution in [-0.4, -0.2) is 88.8 Å². The van der Waals surface area contributed by atoms with Gasteiger partial charge in [0.05, 0.1) is 5.92 Å². The van der Waals surface area contributed by atoms with Gasteiger partial charge in [-0.1, -0.05) is 18.2 Å². The molecular weight excluding hydrogens is 408 g/mol. The zero-order chi connectivity index (χ0) is 22.5. The van der Waals surface area contributed by atoms with Crippen molar-refractivity contribution in [2.24, 2.45) is 5.92 Å². The molecule has 170 valence electrons. The highest BCUT2D eigenvalue weighted by Crippen LogP contribution is 2.21. The minimum Gasteiger partial charge on any atom is -0.508 e. The van der Waals surface area contributed by atoms with Gasteiger partial charge in [0, 0.05) is 50.5 Å². The van der Waals surface area contributed by atoms with Crippen molar-refractivity contribution in [1.29, 1.82) is 0 Å². The first-order valence-electron chi connectivity index (χ1n) is 11.1. The Morgan fingerprint density at radius 3 is 2.34 bits per heavy atom. The first kappa shape index (κ1) is 22.3. The number of phenolic OH excluding ortho intramolecular Hbond substituents is 1. The number of nitrogens with one attached hydrogen (secondary N) is 1. The first-order valence-corrected chi connectivity index (χ1v) is 11.1. The molecule has 0 aromatic heterocycles. The van der Waals surface area contributed by atoms with Crippen LogP contribution in [0.5, 0.6) is 5.75 Å². The molecule has 8 heteroatoms. The molecule has 2 heterocycles. The van der Waals surface area contributed by atoms with Crippen LogP contribution in [-0.2, 0) is 4.79 Å². The van der Waals surface area contributed by atoms with Gasteiger partial charge in [0.15, 0.2) is 0 Å². The molecule has 2 aromatic carbocycles. The smallest absolute Gasteiger partial charge is 0.253 e. The largest absolute Gasteiger partial charge is 0.508 e. The van der Waals surface area contributed by atoms with Gasteiger partial charge in [-0.2, -0.15) is 0 Å². The van der Waals surface area contributed by atoms with Crippen LogP contribution in [0.2, 0.25) is 0 Å². The molecule has 32 heavy (non-hydrogen) atoms. The summed E-state index contributed by atoms with van der Waals surface area (Å²) >= 11 is 0. The van der Waals surface area contributed by atoms with E-state index < -0.39 is 6.23 Å². The van der Waals surface area contributed by atoms with Crippen LogP contribution in [0, 0.1) is 5.92 Å². The number of carbonyl (C=O) groups excluding carboxylic acids is 2. The molecule has 8 nitrogen and oxygen atoms in total. The van der Waals surface area contributed by atoms with E-state index >= 15 is 0 Å². The summed E-state index contributed by atoms with van der Waals surface area (Å²) in [7, 11) is 0. The standard InChI is InChI=1S/C24H30N4O4/c29-21-8-6-20(7-9-21)25-23(31)19-10-11-26(16-19)17-22(30)27-12-14-28(15-13-27)24(32)18-4-2-1-3-5-18/h1-9,19,22,29-30H,10-17H2,(H,25,31)/t19-,22?/m1/s1. The number of likely N-dealkylation sites (tertiary alicyclic amines) is 1. The topological polar surface area (TPSA) is 96.3 Å². The lowest BCUT2D eigenvalue weighted by molar-refractivity contribution is -0.119. The van der Waals surface area contributed by atoms with Gasteiger partial charge in [-0.25, -0.2) is 0 Å². The Labute approximate surface area is 188 Å². The number of rotatable bonds is 6. The number of β-amino-alcohol motifs (C(OH)–C–C–N with tert-alkyl or cyclic N) is 1.